The van der Waals surface area contributed by atoms with Crippen molar-refractivity contribution in [3.05, 3.63) is 35.9 Å². The van der Waals surface area contributed by atoms with Gasteiger partial charge in [0, 0.05) is 46.3 Å². The van der Waals surface area contributed by atoms with Gasteiger partial charge in [0.25, 0.3) is 0 Å². The fourth-order valence-corrected chi connectivity index (χ4v) is 3.03. The van der Waals surface area contributed by atoms with Gasteiger partial charge in [0.15, 0.2) is 5.96 Å². The highest BCUT2D eigenvalue weighted by Crippen LogP contribution is 2.13. The molecule has 0 radical (unpaired) electrons. The number of carbonyl (C=O) groups excluding carboxylic acids is 1. The Morgan fingerprint density at radius 1 is 1.35 bits per heavy atom. The fraction of sp³-hybridized carbons (Fsp3) is 0.579. The molecular formula is C19H31IN4O2. The molecule has 0 saturated carbocycles. The van der Waals surface area contributed by atoms with Gasteiger partial charge in [-0.15, -0.1) is 24.0 Å². The fourth-order valence-electron chi connectivity index (χ4n) is 3.03. The zero-order valence-electron chi connectivity index (χ0n) is 16.0. The number of nitrogens with zero attached hydrogens (tertiary/aromatic N) is 3. The zero-order valence-corrected chi connectivity index (χ0v) is 18.3. The van der Waals surface area contributed by atoms with E-state index < -0.39 is 0 Å². The number of hydrogen-bond acceptors (Lipinski definition) is 3. The molecule has 1 atom stereocenters. The molecule has 6 nitrogen and oxygen atoms in total. The summed E-state index contributed by atoms with van der Waals surface area (Å²) in [4.78, 5) is 20.7. The number of aliphatic imine (C=N–C) groups is 1. The molecule has 1 saturated heterocycles. The van der Waals surface area contributed by atoms with Crippen molar-refractivity contribution in [3.8, 4) is 0 Å². The standard InChI is InChI=1S/C19H30N4O2.HI/c1-4-23(14-16-8-6-5-7-9-16)18(24)12-21-19(20-2)22(3)13-17-10-11-25-15-17;/h5-9,17H,4,10-15H2,1-3H3,(H,20,21);1H. The van der Waals surface area contributed by atoms with Crippen LogP contribution >= 0.6 is 24.0 Å². The van der Waals surface area contributed by atoms with E-state index in [2.05, 4.69) is 15.2 Å². The van der Waals surface area contributed by atoms with E-state index >= 15 is 0 Å². The van der Waals surface area contributed by atoms with Gasteiger partial charge in [-0.2, -0.15) is 0 Å². The molecule has 1 aromatic carbocycles. The molecule has 26 heavy (non-hydrogen) atoms. The van der Waals surface area contributed by atoms with Crippen molar-refractivity contribution >= 4 is 35.8 Å². The first-order chi connectivity index (χ1) is 12.1. The van der Waals surface area contributed by atoms with Crippen LogP contribution in [-0.4, -0.2) is 68.6 Å². The van der Waals surface area contributed by atoms with Crippen molar-refractivity contribution in [2.45, 2.75) is 19.9 Å². The van der Waals surface area contributed by atoms with Crippen molar-refractivity contribution in [2.24, 2.45) is 10.9 Å². The molecule has 0 aliphatic carbocycles. The van der Waals surface area contributed by atoms with Gasteiger partial charge in [0.2, 0.25) is 5.91 Å². The number of hydrogen-bond donors (Lipinski definition) is 1. The van der Waals surface area contributed by atoms with Crippen LogP contribution in [0.2, 0.25) is 0 Å². The van der Waals surface area contributed by atoms with Gasteiger partial charge in [0.1, 0.15) is 0 Å². The van der Waals surface area contributed by atoms with Gasteiger partial charge in [-0.25, -0.2) is 0 Å². The molecule has 0 aromatic heterocycles. The van der Waals surface area contributed by atoms with Crippen LogP contribution in [-0.2, 0) is 16.1 Å². The number of benzene rings is 1. The van der Waals surface area contributed by atoms with Crippen LogP contribution in [0.15, 0.2) is 35.3 Å². The van der Waals surface area contributed by atoms with Crippen LogP contribution in [0, 0.1) is 5.92 Å². The highest BCUT2D eigenvalue weighted by molar-refractivity contribution is 14.0. The van der Waals surface area contributed by atoms with Crippen LogP contribution in [0.3, 0.4) is 0 Å². The maximum Gasteiger partial charge on any atom is 0.242 e. The lowest BCUT2D eigenvalue weighted by Gasteiger charge is -2.26. The quantitative estimate of drug-likeness (QED) is 0.374. The Kier molecular flexibility index (Phi) is 10.6. The Labute approximate surface area is 174 Å². The average molecular weight is 474 g/mol. The lowest BCUT2D eigenvalue weighted by atomic mass is 10.1. The minimum absolute atomic E-state index is 0. The van der Waals surface area contributed by atoms with E-state index in [-0.39, 0.29) is 36.4 Å². The Hall–Kier alpha value is -1.35. The SMILES string of the molecule is CCN(Cc1ccccc1)C(=O)CNC(=NC)N(C)CC1CCOC1.I. The van der Waals surface area contributed by atoms with E-state index in [1.165, 1.54) is 0 Å². The van der Waals surface area contributed by atoms with Crippen LogP contribution in [0.4, 0.5) is 0 Å². The van der Waals surface area contributed by atoms with Crippen molar-refractivity contribution in [2.75, 3.05) is 46.9 Å². The zero-order chi connectivity index (χ0) is 18.1. The van der Waals surface area contributed by atoms with Gasteiger partial charge in [-0.1, -0.05) is 30.3 Å². The van der Waals surface area contributed by atoms with Crippen molar-refractivity contribution in [1.82, 2.24) is 15.1 Å². The molecular weight excluding hydrogens is 443 g/mol. The predicted molar refractivity (Wildman–Crippen MR) is 116 cm³/mol. The Morgan fingerprint density at radius 3 is 2.65 bits per heavy atom. The van der Waals surface area contributed by atoms with Gasteiger partial charge < -0.3 is 19.9 Å². The summed E-state index contributed by atoms with van der Waals surface area (Å²) in [6.45, 7) is 6.10. The largest absolute Gasteiger partial charge is 0.381 e. The minimum atomic E-state index is 0. The molecule has 1 heterocycles. The second kappa shape index (κ2) is 12.1. The molecule has 2 rings (SSSR count). The van der Waals surface area contributed by atoms with Gasteiger partial charge in [-0.3, -0.25) is 9.79 Å². The molecule has 0 spiro atoms. The number of guanidine groups is 1. The van der Waals surface area contributed by atoms with Crippen molar-refractivity contribution in [3.63, 3.8) is 0 Å². The maximum absolute atomic E-state index is 12.5. The molecule has 1 fully saturated rings. The molecule has 1 aromatic rings. The second-order valence-corrected chi connectivity index (χ2v) is 6.40. The third-order valence-corrected chi connectivity index (χ3v) is 4.48. The molecule has 1 N–H and O–H groups in total. The number of ether oxygens (including phenoxy) is 1. The normalized spacial score (nSPS) is 16.7. The van der Waals surface area contributed by atoms with E-state index in [9.17, 15) is 4.79 Å². The van der Waals surface area contributed by atoms with Crippen LogP contribution in [0.25, 0.3) is 0 Å². The van der Waals surface area contributed by atoms with E-state index in [4.69, 9.17) is 4.74 Å². The van der Waals surface area contributed by atoms with Crippen molar-refractivity contribution in [1.29, 1.82) is 0 Å². The van der Waals surface area contributed by atoms with Gasteiger partial charge in [-0.05, 0) is 18.9 Å². The molecule has 7 heteroatoms. The Morgan fingerprint density at radius 2 is 2.08 bits per heavy atom. The monoisotopic (exact) mass is 474 g/mol. The Bertz CT molecular complexity index is 562. The minimum Gasteiger partial charge on any atom is -0.381 e. The number of amides is 1. The van der Waals surface area contributed by atoms with Crippen LogP contribution in [0.1, 0.15) is 18.9 Å². The van der Waals surface area contributed by atoms with E-state index in [0.717, 1.165) is 37.7 Å². The molecule has 1 aliphatic rings. The number of nitrogens with one attached hydrogen (secondary N) is 1. The van der Waals surface area contributed by atoms with Crippen LogP contribution in [0.5, 0.6) is 0 Å². The maximum atomic E-state index is 12.5. The summed E-state index contributed by atoms with van der Waals surface area (Å²) in [5.41, 5.74) is 1.14. The second-order valence-electron chi connectivity index (χ2n) is 6.40. The highest BCUT2D eigenvalue weighted by Gasteiger charge is 2.20. The summed E-state index contributed by atoms with van der Waals surface area (Å²) < 4.78 is 5.42. The first-order valence-electron chi connectivity index (χ1n) is 8.95. The van der Waals surface area contributed by atoms with Crippen molar-refractivity contribution < 1.29 is 9.53 Å². The summed E-state index contributed by atoms with van der Waals surface area (Å²) in [5, 5.41) is 3.19. The van der Waals surface area contributed by atoms with E-state index in [0.29, 0.717) is 19.0 Å². The third-order valence-electron chi connectivity index (χ3n) is 4.48. The smallest absolute Gasteiger partial charge is 0.242 e. The summed E-state index contributed by atoms with van der Waals surface area (Å²) in [6, 6.07) is 10.1. The third kappa shape index (κ3) is 7.11. The molecule has 0 bridgehead atoms. The summed E-state index contributed by atoms with van der Waals surface area (Å²) in [5.74, 6) is 1.35. The van der Waals surface area contributed by atoms with Gasteiger partial charge >= 0.3 is 0 Å². The number of likely N-dealkylation sites (N-methyl/N-ethyl adjacent to an activating group) is 1. The lowest BCUT2D eigenvalue weighted by Crippen LogP contribution is -2.46. The Balaban J connectivity index is 0.00000338. The number of rotatable bonds is 7. The molecule has 1 aliphatic heterocycles. The molecule has 1 amide bonds. The molecule has 1 unspecified atom stereocenters. The summed E-state index contributed by atoms with van der Waals surface area (Å²) in [7, 11) is 3.75. The summed E-state index contributed by atoms with van der Waals surface area (Å²) >= 11 is 0. The topological polar surface area (TPSA) is 57.2 Å². The predicted octanol–water partition coefficient (Wildman–Crippen LogP) is 2.20. The van der Waals surface area contributed by atoms with Gasteiger partial charge in [0.05, 0.1) is 13.2 Å². The highest BCUT2D eigenvalue weighted by atomic mass is 127. The lowest BCUT2D eigenvalue weighted by molar-refractivity contribution is -0.130. The van der Waals surface area contributed by atoms with E-state index in [1.807, 2.05) is 49.2 Å². The van der Waals surface area contributed by atoms with Crippen LogP contribution < -0.4 is 5.32 Å². The summed E-state index contributed by atoms with van der Waals surface area (Å²) in [6.07, 6.45) is 1.08. The van der Waals surface area contributed by atoms with E-state index in [1.54, 1.807) is 7.05 Å². The number of halogens is 1. The first kappa shape index (κ1) is 22.7. The molecule has 146 valence electrons. The first-order valence-corrected chi connectivity index (χ1v) is 8.95. The average Bonchev–Trinajstić information content (AvgIpc) is 3.13. The number of carbonyl (C=O) groups is 1.